The zero-order valence-electron chi connectivity index (χ0n) is 54.6. The van der Waals surface area contributed by atoms with Crippen LogP contribution in [-0.4, -0.2) is 143 Å². The molecule has 20 heteroatoms. The number of likely N-dealkylation sites (N-methyl/N-ethyl adjacent to an activating group) is 1. The van der Waals surface area contributed by atoms with Gasteiger partial charge in [0.2, 0.25) is 17.7 Å². The minimum Gasteiger partial charge on any atom is -0.455 e. The predicted molar refractivity (Wildman–Crippen MR) is 344 cm³/mol. The number of rotatable bonds is 44. The number of ether oxygens (including phenoxy) is 2. The Morgan fingerprint density at radius 2 is 1.49 bits per heavy atom. The molecule has 8 atom stereocenters. The van der Waals surface area contributed by atoms with Crippen LogP contribution in [0.1, 0.15) is 213 Å². The average molecular weight is 1240 g/mol. The molecular weight excluding hydrogens is 1140 g/mol. The summed E-state index contributed by atoms with van der Waals surface area (Å²) in [7, 11) is 8.34. The molecule has 0 saturated carbocycles. The Kier molecular flexibility index (Phi) is 34.9. The van der Waals surface area contributed by atoms with Gasteiger partial charge in [-0.1, -0.05) is 113 Å². The van der Waals surface area contributed by atoms with Gasteiger partial charge in [-0.2, -0.15) is 0 Å². The van der Waals surface area contributed by atoms with Gasteiger partial charge in [0.15, 0.2) is 17.7 Å². The second-order valence-corrected chi connectivity index (χ2v) is 28.7. The van der Waals surface area contributed by atoms with E-state index in [0.717, 1.165) is 17.5 Å². The topological polar surface area (TPSA) is 228 Å². The number of esters is 1. The summed E-state index contributed by atoms with van der Waals surface area (Å²) in [4.78, 5) is 130. The molecule has 480 valence electrons. The Hall–Kier alpha value is -4.50. The van der Waals surface area contributed by atoms with E-state index in [1.54, 1.807) is 37.1 Å². The Morgan fingerprint density at radius 1 is 0.824 bits per heavy atom. The molecule has 2 aromatic rings. The van der Waals surface area contributed by atoms with Gasteiger partial charge in [-0.05, 0) is 117 Å². The summed E-state index contributed by atoms with van der Waals surface area (Å²) in [5, 5.41) is 11.0. The van der Waals surface area contributed by atoms with Crippen molar-refractivity contribution in [3.63, 3.8) is 0 Å². The van der Waals surface area contributed by atoms with Crippen molar-refractivity contribution in [1.82, 2.24) is 30.7 Å². The third kappa shape index (κ3) is 27.6. The molecule has 0 aliphatic carbocycles. The molecule has 0 spiro atoms. The Labute approximate surface area is 521 Å². The number of benzene rings is 1. The van der Waals surface area contributed by atoms with Crippen LogP contribution in [0.15, 0.2) is 29.6 Å². The summed E-state index contributed by atoms with van der Waals surface area (Å²) in [6.45, 7) is 27.8. The van der Waals surface area contributed by atoms with E-state index in [1.807, 2.05) is 110 Å². The molecular formula is C65H106N6O11S3. The molecule has 0 aliphatic heterocycles. The number of nitrogens with zero attached hydrogens (tertiary/aromatic N) is 3. The molecule has 17 nitrogen and oxygen atoms in total. The highest BCUT2D eigenvalue weighted by Gasteiger charge is 2.40. The lowest BCUT2D eigenvalue weighted by molar-refractivity contribution is -0.150. The summed E-state index contributed by atoms with van der Waals surface area (Å²) in [6.07, 6.45) is 5.35. The molecule has 1 heterocycles. The van der Waals surface area contributed by atoms with E-state index in [1.165, 1.54) is 29.1 Å². The lowest BCUT2D eigenvalue weighted by atomic mass is 9.81. The number of carbonyl (C=O) groups is 9. The predicted octanol–water partition coefficient (Wildman–Crippen LogP) is 11.3. The minimum atomic E-state index is -0.892. The number of methoxy groups -OCH3 is 1. The number of hydrogen-bond donors (Lipinski definition) is 3. The Bertz CT molecular complexity index is 2450. The first-order valence-electron chi connectivity index (χ1n) is 30.8. The highest BCUT2D eigenvalue weighted by molar-refractivity contribution is 8.77. The molecule has 0 aliphatic rings. The summed E-state index contributed by atoms with van der Waals surface area (Å²) >= 11 is 1.18. The second-order valence-electron chi connectivity index (χ2n) is 24.9. The third-order valence-corrected chi connectivity index (χ3v) is 20.4. The van der Waals surface area contributed by atoms with Crippen LogP contribution in [-0.2, 0) is 54.3 Å². The number of Topliss-reactive ketones (excluding diaryl/α,β-unsaturated/α-hetero) is 4. The third-order valence-electron chi connectivity index (χ3n) is 16.2. The van der Waals surface area contributed by atoms with Crippen LogP contribution in [0.2, 0.25) is 0 Å². The average Bonchev–Trinajstić information content (AvgIpc) is 3.49. The van der Waals surface area contributed by atoms with Gasteiger partial charge in [-0.25, -0.2) is 4.98 Å². The van der Waals surface area contributed by atoms with Gasteiger partial charge >= 0.3 is 5.97 Å². The van der Waals surface area contributed by atoms with Gasteiger partial charge in [-0.15, -0.1) is 11.3 Å². The fourth-order valence-corrected chi connectivity index (χ4v) is 13.1. The standard InChI is InChI=1S/C65H106N6O11S3/c1-18-33-71(63(80)51(44(7)19-2)38-58(76)65(13,14)70(15)16)54(42(4)5)39-57(82-47(10)72)62-69-53(40-83-62)61(79)67-49(37-48-28-26-43(6)27-29-48)35-45(8)56(75)36-46(9)60(78)68-52(55(74)25-23-34-81-17)24-21-22-32-66-59(77)41-84-85-64(11,12)31-30-50(73)20-3/h26-29,40,42,44-46,49,51-52,54,57H,18-25,30-39,41H2,1-17H3,(H,66,77)(H,67,79)(H,68,78)/t44?,45?,46?,49-,51+,52?,54-,57-/m1/s1. The van der Waals surface area contributed by atoms with Gasteiger partial charge in [0.25, 0.3) is 5.91 Å². The number of aromatic nitrogens is 1. The van der Waals surface area contributed by atoms with Crippen LogP contribution in [0.5, 0.6) is 0 Å². The lowest BCUT2D eigenvalue weighted by Gasteiger charge is -2.40. The molecule has 2 rings (SSSR count). The van der Waals surface area contributed by atoms with E-state index < -0.39 is 65.3 Å². The highest BCUT2D eigenvalue weighted by atomic mass is 33.1. The molecule has 1 aromatic heterocycles. The molecule has 3 N–H and O–H groups in total. The van der Waals surface area contributed by atoms with E-state index in [4.69, 9.17) is 14.5 Å². The van der Waals surface area contributed by atoms with E-state index in [0.29, 0.717) is 82.5 Å². The number of hydrogen-bond acceptors (Lipinski definition) is 16. The molecule has 0 radical (unpaired) electrons. The van der Waals surface area contributed by atoms with Gasteiger partial charge in [-0.3, -0.25) is 48.1 Å². The molecule has 4 amide bonds. The van der Waals surface area contributed by atoms with Crippen LogP contribution in [0.3, 0.4) is 0 Å². The van der Waals surface area contributed by atoms with Crippen LogP contribution in [0.25, 0.3) is 0 Å². The van der Waals surface area contributed by atoms with Crippen LogP contribution < -0.4 is 16.0 Å². The van der Waals surface area contributed by atoms with E-state index >= 15 is 0 Å². The van der Waals surface area contributed by atoms with Crippen molar-refractivity contribution < 1.29 is 52.6 Å². The first-order chi connectivity index (χ1) is 39.9. The van der Waals surface area contributed by atoms with Crippen LogP contribution in [0.4, 0.5) is 0 Å². The number of unbranched alkanes of at least 4 members (excludes halogenated alkanes) is 1. The summed E-state index contributed by atoms with van der Waals surface area (Å²) in [5.41, 5.74) is 1.35. The first-order valence-corrected chi connectivity index (χ1v) is 34.0. The van der Waals surface area contributed by atoms with E-state index in [-0.39, 0.29) is 95.1 Å². The SMILES string of the molecule is CCCN(C(=O)[C@@H](CC(=O)C(C)(C)N(C)C)C(C)CC)[C@H](C[C@@H](OC(C)=O)c1nc(C(=O)N[C@@H](Cc2ccc(C)cc2)CC(C)C(=O)CC(C)C(=O)NC(CCCCNC(=O)CSSC(C)(C)CCC(=O)CC)C(=O)CCCOC)cs1)C(C)C. The maximum atomic E-state index is 14.8. The summed E-state index contributed by atoms with van der Waals surface area (Å²) in [6, 6.07) is 6.22. The molecule has 85 heavy (non-hydrogen) atoms. The number of ketones is 4. The Morgan fingerprint density at radius 3 is 2.08 bits per heavy atom. The van der Waals surface area contributed by atoms with Crippen molar-refractivity contribution in [3.05, 3.63) is 51.5 Å². The number of nitrogens with one attached hydrogen (secondary N) is 3. The molecule has 0 saturated heterocycles. The molecule has 0 fully saturated rings. The lowest BCUT2D eigenvalue weighted by Crippen LogP contribution is -2.51. The fourth-order valence-electron chi connectivity index (χ4n) is 9.79. The van der Waals surface area contributed by atoms with Crippen molar-refractivity contribution in [2.75, 3.05) is 46.7 Å². The van der Waals surface area contributed by atoms with Crippen molar-refractivity contribution in [2.45, 2.75) is 228 Å². The number of amides is 4. The van der Waals surface area contributed by atoms with E-state index in [2.05, 4.69) is 29.8 Å². The normalized spacial score (nSPS) is 14.8. The second kappa shape index (κ2) is 38.7. The number of thiazole rings is 1. The number of carbonyl (C=O) groups excluding carboxylic acids is 9. The largest absolute Gasteiger partial charge is 0.455 e. The maximum Gasteiger partial charge on any atom is 0.303 e. The van der Waals surface area contributed by atoms with Gasteiger partial charge < -0.3 is 30.3 Å². The van der Waals surface area contributed by atoms with Gasteiger partial charge in [0.05, 0.1) is 17.3 Å². The summed E-state index contributed by atoms with van der Waals surface area (Å²) < 4.78 is 11.0. The summed E-state index contributed by atoms with van der Waals surface area (Å²) in [5.74, 6) is -3.52. The van der Waals surface area contributed by atoms with Crippen molar-refractivity contribution in [2.24, 2.45) is 29.6 Å². The monoisotopic (exact) mass is 1240 g/mol. The van der Waals surface area contributed by atoms with Crippen LogP contribution >= 0.6 is 32.9 Å². The molecule has 4 unspecified atom stereocenters. The smallest absolute Gasteiger partial charge is 0.303 e. The van der Waals surface area contributed by atoms with Gasteiger partial charge in [0, 0.05) is 112 Å². The van der Waals surface area contributed by atoms with Crippen LogP contribution in [0, 0.1) is 36.5 Å². The fraction of sp³-hybridized carbons (Fsp3) is 0.723. The van der Waals surface area contributed by atoms with E-state index in [9.17, 15) is 43.2 Å². The minimum absolute atomic E-state index is 0.0180. The number of aryl methyl sites for hydroxylation is 1. The molecule has 0 bridgehead atoms. The van der Waals surface area contributed by atoms with Crippen molar-refractivity contribution in [1.29, 1.82) is 0 Å². The van der Waals surface area contributed by atoms with Crippen molar-refractivity contribution in [3.8, 4) is 0 Å². The Balaban J connectivity index is 2.27. The first kappa shape index (κ1) is 76.6. The van der Waals surface area contributed by atoms with Crippen molar-refractivity contribution >= 4 is 85.7 Å². The quantitative estimate of drug-likeness (QED) is 0.0318. The zero-order valence-corrected chi connectivity index (χ0v) is 57.0. The maximum absolute atomic E-state index is 14.8. The molecule has 1 aromatic carbocycles. The van der Waals surface area contributed by atoms with Gasteiger partial charge in [0.1, 0.15) is 22.3 Å². The highest BCUT2D eigenvalue weighted by Crippen LogP contribution is 2.39. The zero-order chi connectivity index (χ0) is 64.2.